The summed E-state index contributed by atoms with van der Waals surface area (Å²) in [6, 6.07) is 4.52. The molecule has 2 N–H and O–H groups in total. The van der Waals surface area contributed by atoms with Gasteiger partial charge in [0.1, 0.15) is 0 Å². The van der Waals surface area contributed by atoms with Gasteiger partial charge < -0.3 is 19.9 Å². The Morgan fingerprint density at radius 3 is 2.68 bits per heavy atom. The molecule has 19 heavy (non-hydrogen) atoms. The molecule has 0 amide bonds. The second kappa shape index (κ2) is 8.85. The minimum absolute atomic E-state index is 0.245. The van der Waals surface area contributed by atoms with E-state index in [0.717, 1.165) is 0 Å². The third-order valence-corrected chi connectivity index (χ3v) is 2.60. The number of nitrogens with two attached hydrogens (primary N) is 1. The van der Waals surface area contributed by atoms with Crippen LogP contribution in [0.1, 0.15) is 24.9 Å². The van der Waals surface area contributed by atoms with Crippen molar-refractivity contribution in [2.75, 3.05) is 33.5 Å². The van der Waals surface area contributed by atoms with E-state index in [4.69, 9.17) is 19.9 Å². The molecule has 1 rings (SSSR count). The van der Waals surface area contributed by atoms with Gasteiger partial charge in [0.2, 0.25) is 0 Å². The van der Waals surface area contributed by atoms with Gasteiger partial charge in [-0.1, -0.05) is 12.1 Å². The van der Waals surface area contributed by atoms with Crippen LogP contribution in [-0.4, -0.2) is 33.5 Å². The Morgan fingerprint density at radius 2 is 2.00 bits per heavy atom. The van der Waals surface area contributed by atoms with Gasteiger partial charge in [-0.25, -0.2) is 4.39 Å². The van der Waals surface area contributed by atoms with Gasteiger partial charge in [0.05, 0.1) is 19.8 Å². The molecule has 0 saturated carbocycles. The van der Waals surface area contributed by atoms with Gasteiger partial charge in [-0.05, 0) is 13.0 Å². The Balaban J connectivity index is 2.36. The summed E-state index contributed by atoms with van der Waals surface area (Å²) in [5.74, 6) is -0.135. The standard InChI is InChI=1S/C14H22FNO3/c1-11(16)12-5-3-6-13(15)14(12)19-8-4-7-18-10-9-17-2/h3,5-6,11H,4,7-10,16H2,1-2H3. The maximum absolute atomic E-state index is 13.7. The predicted octanol–water partition coefficient (Wildman–Crippen LogP) is 2.28. The monoisotopic (exact) mass is 271 g/mol. The number of hydrogen-bond donors (Lipinski definition) is 1. The van der Waals surface area contributed by atoms with Gasteiger partial charge in [-0.2, -0.15) is 0 Å². The Kier molecular flexibility index (Phi) is 7.40. The fourth-order valence-electron chi connectivity index (χ4n) is 1.62. The van der Waals surface area contributed by atoms with Gasteiger partial charge in [0.15, 0.2) is 11.6 Å². The molecule has 0 aliphatic rings. The Morgan fingerprint density at radius 1 is 1.21 bits per heavy atom. The van der Waals surface area contributed by atoms with Crippen molar-refractivity contribution in [1.29, 1.82) is 0 Å². The molecule has 0 aliphatic carbocycles. The van der Waals surface area contributed by atoms with Crippen LogP contribution in [-0.2, 0) is 9.47 Å². The number of benzene rings is 1. The van der Waals surface area contributed by atoms with E-state index in [1.165, 1.54) is 6.07 Å². The van der Waals surface area contributed by atoms with Crippen molar-refractivity contribution in [2.24, 2.45) is 5.73 Å². The fourth-order valence-corrected chi connectivity index (χ4v) is 1.62. The molecule has 0 radical (unpaired) electrons. The number of ether oxygens (including phenoxy) is 3. The van der Waals surface area contributed by atoms with Gasteiger partial charge in [-0.15, -0.1) is 0 Å². The van der Waals surface area contributed by atoms with Crippen molar-refractivity contribution in [2.45, 2.75) is 19.4 Å². The van der Waals surface area contributed by atoms with Crippen molar-refractivity contribution in [1.82, 2.24) is 0 Å². The zero-order valence-electron chi connectivity index (χ0n) is 11.5. The Hall–Kier alpha value is -1.17. The minimum Gasteiger partial charge on any atom is -0.490 e. The predicted molar refractivity (Wildman–Crippen MR) is 71.8 cm³/mol. The van der Waals surface area contributed by atoms with Crippen LogP contribution in [0.4, 0.5) is 4.39 Å². The van der Waals surface area contributed by atoms with Gasteiger partial charge >= 0.3 is 0 Å². The highest BCUT2D eigenvalue weighted by Gasteiger charge is 2.12. The molecular formula is C14H22FNO3. The van der Waals surface area contributed by atoms with E-state index in [1.54, 1.807) is 26.2 Å². The largest absolute Gasteiger partial charge is 0.490 e. The quantitative estimate of drug-likeness (QED) is 0.700. The van der Waals surface area contributed by atoms with E-state index in [1.807, 2.05) is 0 Å². The number of halogens is 1. The molecule has 0 bridgehead atoms. The summed E-state index contributed by atoms with van der Waals surface area (Å²) in [4.78, 5) is 0. The zero-order valence-corrected chi connectivity index (χ0v) is 11.5. The topological polar surface area (TPSA) is 53.7 Å². The van der Waals surface area contributed by atoms with Gasteiger partial charge in [-0.3, -0.25) is 0 Å². The highest BCUT2D eigenvalue weighted by molar-refractivity contribution is 5.36. The Bertz CT molecular complexity index is 372. The number of methoxy groups -OCH3 is 1. The maximum atomic E-state index is 13.7. The normalized spacial score (nSPS) is 12.4. The van der Waals surface area contributed by atoms with Crippen LogP contribution in [0.2, 0.25) is 0 Å². The fraction of sp³-hybridized carbons (Fsp3) is 0.571. The van der Waals surface area contributed by atoms with Crippen LogP contribution < -0.4 is 10.5 Å². The SMILES string of the molecule is COCCOCCCOc1c(F)cccc1C(C)N. The first kappa shape index (κ1) is 15.9. The molecule has 0 heterocycles. The Labute approximate surface area is 113 Å². The van der Waals surface area contributed by atoms with E-state index in [9.17, 15) is 4.39 Å². The summed E-state index contributed by atoms with van der Waals surface area (Å²) < 4.78 is 29.3. The first-order valence-corrected chi connectivity index (χ1v) is 6.40. The summed E-state index contributed by atoms with van der Waals surface area (Å²) in [6.45, 7) is 3.89. The van der Waals surface area contributed by atoms with Crippen molar-refractivity contribution in [3.05, 3.63) is 29.6 Å². The smallest absolute Gasteiger partial charge is 0.165 e. The summed E-state index contributed by atoms with van der Waals surface area (Å²) in [6.07, 6.45) is 0.691. The lowest BCUT2D eigenvalue weighted by molar-refractivity contribution is 0.0641. The molecule has 108 valence electrons. The van der Waals surface area contributed by atoms with E-state index in [0.29, 0.717) is 38.4 Å². The second-order valence-electron chi connectivity index (χ2n) is 4.25. The summed E-state index contributed by atoms with van der Waals surface area (Å²) in [7, 11) is 1.63. The molecule has 0 aliphatic heterocycles. The number of hydrogen-bond acceptors (Lipinski definition) is 4. The molecule has 4 nitrogen and oxygen atoms in total. The van der Waals surface area contributed by atoms with Gasteiger partial charge in [0.25, 0.3) is 0 Å². The van der Waals surface area contributed by atoms with Gasteiger partial charge in [0, 0.05) is 31.7 Å². The molecule has 1 aromatic carbocycles. The minimum atomic E-state index is -0.380. The molecule has 1 aromatic rings. The third-order valence-electron chi connectivity index (χ3n) is 2.60. The lowest BCUT2D eigenvalue weighted by atomic mass is 10.1. The molecular weight excluding hydrogens is 249 g/mol. The highest BCUT2D eigenvalue weighted by atomic mass is 19.1. The van der Waals surface area contributed by atoms with Crippen LogP contribution in [0.25, 0.3) is 0 Å². The van der Waals surface area contributed by atoms with Crippen molar-refractivity contribution in [3.63, 3.8) is 0 Å². The van der Waals surface area contributed by atoms with Crippen LogP contribution in [0.3, 0.4) is 0 Å². The highest BCUT2D eigenvalue weighted by Crippen LogP contribution is 2.26. The van der Waals surface area contributed by atoms with Crippen molar-refractivity contribution >= 4 is 0 Å². The number of rotatable bonds is 9. The second-order valence-corrected chi connectivity index (χ2v) is 4.25. The first-order chi connectivity index (χ1) is 9.16. The molecule has 0 spiro atoms. The lowest BCUT2D eigenvalue weighted by Gasteiger charge is -2.14. The average molecular weight is 271 g/mol. The average Bonchev–Trinajstić information content (AvgIpc) is 2.39. The van der Waals surface area contributed by atoms with Crippen LogP contribution >= 0.6 is 0 Å². The first-order valence-electron chi connectivity index (χ1n) is 6.40. The maximum Gasteiger partial charge on any atom is 0.165 e. The summed E-state index contributed by atoms with van der Waals surface area (Å²) in [5.41, 5.74) is 6.46. The van der Waals surface area contributed by atoms with Crippen LogP contribution in [0.5, 0.6) is 5.75 Å². The van der Waals surface area contributed by atoms with Crippen molar-refractivity contribution < 1.29 is 18.6 Å². The van der Waals surface area contributed by atoms with Crippen LogP contribution in [0.15, 0.2) is 18.2 Å². The molecule has 1 unspecified atom stereocenters. The van der Waals surface area contributed by atoms with E-state index < -0.39 is 0 Å². The summed E-state index contributed by atoms with van der Waals surface area (Å²) in [5, 5.41) is 0. The molecule has 0 saturated heterocycles. The number of para-hydroxylation sites is 1. The lowest BCUT2D eigenvalue weighted by Crippen LogP contribution is -2.11. The molecule has 1 atom stereocenters. The third kappa shape index (κ3) is 5.55. The summed E-state index contributed by atoms with van der Waals surface area (Å²) >= 11 is 0. The van der Waals surface area contributed by atoms with Crippen molar-refractivity contribution in [3.8, 4) is 5.75 Å². The molecule has 5 heteroatoms. The van der Waals surface area contributed by atoms with E-state index in [-0.39, 0.29) is 17.6 Å². The zero-order chi connectivity index (χ0) is 14.1. The van der Waals surface area contributed by atoms with E-state index in [2.05, 4.69) is 0 Å². The molecule has 0 fully saturated rings. The van der Waals surface area contributed by atoms with Crippen LogP contribution in [0, 0.1) is 5.82 Å². The molecule has 0 aromatic heterocycles. The van der Waals surface area contributed by atoms with E-state index >= 15 is 0 Å².